The van der Waals surface area contributed by atoms with E-state index in [0.717, 1.165) is 32.2 Å². The summed E-state index contributed by atoms with van der Waals surface area (Å²) in [6, 6.07) is 0. The van der Waals surface area contributed by atoms with E-state index in [1.54, 1.807) is 4.90 Å². The van der Waals surface area contributed by atoms with Crippen molar-refractivity contribution in [1.29, 1.82) is 0 Å². The minimum atomic E-state index is -0.303. The van der Waals surface area contributed by atoms with Gasteiger partial charge in [0.1, 0.15) is 0 Å². The molecule has 0 aliphatic carbocycles. The van der Waals surface area contributed by atoms with Crippen LogP contribution in [0.25, 0.3) is 0 Å². The van der Waals surface area contributed by atoms with Crippen molar-refractivity contribution in [1.82, 2.24) is 4.90 Å². The van der Waals surface area contributed by atoms with Crippen LogP contribution in [0.4, 0.5) is 0 Å². The lowest BCUT2D eigenvalue weighted by Crippen LogP contribution is -2.29. The van der Waals surface area contributed by atoms with E-state index in [1.165, 1.54) is 0 Å². The molecule has 0 radical (unpaired) electrons. The van der Waals surface area contributed by atoms with Gasteiger partial charge < -0.3 is 15.7 Å². The first-order chi connectivity index (χ1) is 6.74. The van der Waals surface area contributed by atoms with Crippen LogP contribution >= 0.6 is 0 Å². The summed E-state index contributed by atoms with van der Waals surface area (Å²) < 4.78 is 0. The molecule has 1 rings (SSSR count). The second-order valence-electron chi connectivity index (χ2n) is 3.88. The van der Waals surface area contributed by atoms with Crippen LogP contribution in [0.15, 0.2) is 0 Å². The summed E-state index contributed by atoms with van der Waals surface area (Å²) in [5.41, 5.74) is 5.36. The molecule has 1 aliphatic heterocycles. The van der Waals surface area contributed by atoms with Gasteiger partial charge in [-0.2, -0.15) is 0 Å². The third kappa shape index (κ3) is 3.64. The minimum Gasteiger partial charge on any atom is -0.391 e. The summed E-state index contributed by atoms with van der Waals surface area (Å²) in [5.74, 6) is 0.179. The van der Waals surface area contributed by atoms with Crippen LogP contribution in [-0.4, -0.2) is 41.7 Å². The van der Waals surface area contributed by atoms with Crippen molar-refractivity contribution in [3.8, 4) is 0 Å². The van der Waals surface area contributed by atoms with Gasteiger partial charge in [0.2, 0.25) is 5.91 Å². The fourth-order valence-electron chi connectivity index (χ4n) is 1.72. The molecule has 4 nitrogen and oxygen atoms in total. The molecule has 0 aromatic carbocycles. The summed E-state index contributed by atoms with van der Waals surface area (Å²) in [7, 11) is 0. The first-order valence-corrected chi connectivity index (χ1v) is 5.40. The molecule has 3 N–H and O–H groups in total. The summed E-state index contributed by atoms with van der Waals surface area (Å²) in [6.07, 6.45) is 3.97. The fraction of sp³-hybridized carbons (Fsp3) is 0.900. The largest absolute Gasteiger partial charge is 0.391 e. The van der Waals surface area contributed by atoms with E-state index in [4.69, 9.17) is 5.73 Å². The number of aliphatic hydroxyl groups is 1. The molecule has 1 atom stereocenters. The maximum atomic E-state index is 11.5. The second-order valence-corrected chi connectivity index (χ2v) is 3.88. The van der Waals surface area contributed by atoms with Crippen molar-refractivity contribution >= 4 is 5.91 Å². The fourth-order valence-corrected chi connectivity index (χ4v) is 1.72. The molecule has 1 amide bonds. The first kappa shape index (κ1) is 11.5. The first-order valence-electron chi connectivity index (χ1n) is 5.40. The predicted molar refractivity (Wildman–Crippen MR) is 54.7 cm³/mol. The molecule has 4 heteroatoms. The van der Waals surface area contributed by atoms with E-state index in [1.807, 2.05) is 0 Å². The Morgan fingerprint density at radius 1 is 1.43 bits per heavy atom. The van der Waals surface area contributed by atoms with Crippen molar-refractivity contribution < 1.29 is 9.90 Å². The van der Waals surface area contributed by atoms with Gasteiger partial charge in [0, 0.05) is 19.5 Å². The Bertz CT molecular complexity index is 185. The SMILES string of the molecule is NCCCCCC(=O)N1CC[C@H](O)C1. The van der Waals surface area contributed by atoms with Gasteiger partial charge in [-0.05, 0) is 25.8 Å². The topological polar surface area (TPSA) is 66.6 Å². The summed E-state index contributed by atoms with van der Waals surface area (Å²) in [6.45, 7) is 1.95. The average molecular weight is 200 g/mol. The van der Waals surface area contributed by atoms with E-state index in [2.05, 4.69) is 0 Å². The number of carbonyl (C=O) groups is 1. The Morgan fingerprint density at radius 2 is 2.21 bits per heavy atom. The van der Waals surface area contributed by atoms with Gasteiger partial charge in [-0.15, -0.1) is 0 Å². The zero-order valence-electron chi connectivity index (χ0n) is 8.61. The molecule has 0 aromatic rings. The van der Waals surface area contributed by atoms with Crippen LogP contribution in [-0.2, 0) is 4.79 Å². The molecule has 0 saturated carbocycles. The highest BCUT2D eigenvalue weighted by molar-refractivity contribution is 5.76. The summed E-state index contributed by atoms with van der Waals surface area (Å²) >= 11 is 0. The monoisotopic (exact) mass is 200 g/mol. The predicted octanol–water partition coefficient (Wildman–Crippen LogP) is 0.0987. The molecular formula is C10H20N2O2. The third-order valence-electron chi connectivity index (χ3n) is 2.61. The number of carbonyl (C=O) groups excluding carboxylic acids is 1. The van der Waals surface area contributed by atoms with Gasteiger partial charge in [-0.3, -0.25) is 4.79 Å². The molecule has 0 unspecified atom stereocenters. The molecule has 1 aliphatic rings. The normalized spacial score (nSPS) is 21.6. The molecule has 1 fully saturated rings. The molecule has 1 saturated heterocycles. The van der Waals surface area contributed by atoms with Gasteiger partial charge in [0.05, 0.1) is 6.10 Å². The molecule has 0 bridgehead atoms. The molecule has 1 heterocycles. The molecule has 14 heavy (non-hydrogen) atoms. The van der Waals surface area contributed by atoms with Crippen molar-refractivity contribution in [3.05, 3.63) is 0 Å². The van der Waals surface area contributed by atoms with Crippen LogP contribution in [0.2, 0.25) is 0 Å². The van der Waals surface area contributed by atoms with Crippen LogP contribution in [0.1, 0.15) is 32.1 Å². The number of unbranched alkanes of at least 4 members (excludes halogenated alkanes) is 2. The van der Waals surface area contributed by atoms with Crippen LogP contribution in [0.5, 0.6) is 0 Å². The van der Waals surface area contributed by atoms with Crippen LogP contribution < -0.4 is 5.73 Å². The lowest BCUT2D eigenvalue weighted by Gasteiger charge is -2.14. The average Bonchev–Trinajstić information content (AvgIpc) is 2.59. The van der Waals surface area contributed by atoms with Crippen molar-refractivity contribution in [2.75, 3.05) is 19.6 Å². The van der Waals surface area contributed by atoms with Crippen LogP contribution in [0.3, 0.4) is 0 Å². The van der Waals surface area contributed by atoms with Crippen molar-refractivity contribution in [2.24, 2.45) is 5.73 Å². The van der Waals surface area contributed by atoms with Gasteiger partial charge in [0.25, 0.3) is 0 Å². The maximum absolute atomic E-state index is 11.5. The van der Waals surface area contributed by atoms with Gasteiger partial charge in [-0.1, -0.05) is 6.42 Å². The number of hydrogen-bond acceptors (Lipinski definition) is 3. The lowest BCUT2D eigenvalue weighted by atomic mass is 10.2. The molecule has 82 valence electrons. The number of nitrogens with two attached hydrogens (primary N) is 1. The number of hydrogen-bond donors (Lipinski definition) is 2. The Labute approximate surface area is 85.1 Å². The van der Waals surface area contributed by atoms with Crippen molar-refractivity contribution in [3.63, 3.8) is 0 Å². The standard InChI is InChI=1S/C10H20N2O2/c11-6-3-1-2-4-10(14)12-7-5-9(13)8-12/h9,13H,1-8,11H2/t9-/m0/s1. The molecule has 0 spiro atoms. The van der Waals surface area contributed by atoms with Gasteiger partial charge >= 0.3 is 0 Å². The Balaban J connectivity index is 2.09. The number of nitrogens with zero attached hydrogens (tertiary/aromatic N) is 1. The highest BCUT2D eigenvalue weighted by atomic mass is 16.3. The molecular weight excluding hydrogens is 180 g/mol. The number of amides is 1. The van der Waals surface area contributed by atoms with E-state index in [9.17, 15) is 9.90 Å². The highest BCUT2D eigenvalue weighted by Gasteiger charge is 2.23. The van der Waals surface area contributed by atoms with Gasteiger partial charge in [-0.25, -0.2) is 0 Å². The smallest absolute Gasteiger partial charge is 0.222 e. The van der Waals surface area contributed by atoms with E-state index in [-0.39, 0.29) is 12.0 Å². The Kier molecular flexibility index (Phi) is 4.90. The van der Waals surface area contributed by atoms with E-state index < -0.39 is 0 Å². The lowest BCUT2D eigenvalue weighted by molar-refractivity contribution is -0.130. The summed E-state index contributed by atoms with van der Waals surface area (Å²) in [4.78, 5) is 13.3. The number of rotatable bonds is 5. The Hall–Kier alpha value is -0.610. The molecule has 0 aromatic heterocycles. The number of β-amino-alcohol motifs (C(OH)–C–C–N with tert-alkyl or cyclic N) is 1. The second kappa shape index (κ2) is 5.98. The number of likely N-dealkylation sites (tertiary alicyclic amines) is 1. The number of aliphatic hydroxyl groups excluding tert-OH is 1. The summed E-state index contributed by atoms with van der Waals surface area (Å²) in [5, 5.41) is 9.25. The Morgan fingerprint density at radius 3 is 2.79 bits per heavy atom. The van der Waals surface area contributed by atoms with Gasteiger partial charge in [0.15, 0.2) is 0 Å². The highest BCUT2D eigenvalue weighted by Crippen LogP contribution is 2.11. The zero-order valence-corrected chi connectivity index (χ0v) is 8.61. The van der Waals surface area contributed by atoms with Crippen LogP contribution in [0, 0.1) is 0 Å². The van der Waals surface area contributed by atoms with E-state index >= 15 is 0 Å². The third-order valence-corrected chi connectivity index (χ3v) is 2.61. The van der Waals surface area contributed by atoms with Crippen molar-refractivity contribution in [2.45, 2.75) is 38.2 Å². The van der Waals surface area contributed by atoms with E-state index in [0.29, 0.717) is 19.5 Å². The zero-order chi connectivity index (χ0) is 10.4. The minimum absolute atomic E-state index is 0.179. The maximum Gasteiger partial charge on any atom is 0.222 e. The quantitative estimate of drug-likeness (QED) is 0.618.